The van der Waals surface area contributed by atoms with Crippen molar-refractivity contribution in [2.24, 2.45) is 0 Å². The normalized spacial score (nSPS) is 12.9. The largest absolute Gasteiger partial charge is 0.496 e. The van der Waals surface area contributed by atoms with Gasteiger partial charge >= 0.3 is 0 Å². The molecule has 4 nitrogen and oxygen atoms in total. The number of methoxy groups -OCH3 is 1. The van der Waals surface area contributed by atoms with Gasteiger partial charge in [0, 0.05) is 12.7 Å². The number of benzene rings is 2. The Labute approximate surface area is 124 Å². The first kappa shape index (κ1) is 15.5. The van der Waals surface area contributed by atoms with Gasteiger partial charge in [0.05, 0.1) is 18.1 Å². The SMILES string of the molecule is COc1ccccc1CC(O)c1cccc(S(C)(=O)=O)c1. The Morgan fingerprint density at radius 1 is 1.14 bits per heavy atom. The van der Waals surface area contributed by atoms with Crippen molar-refractivity contribution >= 4 is 9.84 Å². The molecule has 112 valence electrons. The lowest BCUT2D eigenvalue weighted by Gasteiger charge is -2.14. The lowest BCUT2D eigenvalue weighted by molar-refractivity contribution is 0.177. The van der Waals surface area contributed by atoms with Crippen LogP contribution in [0.5, 0.6) is 5.75 Å². The highest BCUT2D eigenvalue weighted by Crippen LogP contribution is 2.26. The van der Waals surface area contributed by atoms with Crippen molar-refractivity contribution in [1.82, 2.24) is 0 Å². The van der Waals surface area contributed by atoms with Crippen LogP contribution in [0, 0.1) is 0 Å². The minimum absolute atomic E-state index is 0.207. The van der Waals surface area contributed by atoms with Crippen molar-refractivity contribution < 1.29 is 18.3 Å². The summed E-state index contributed by atoms with van der Waals surface area (Å²) in [4.78, 5) is 0.207. The van der Waals surface area contributed by atoms with Crippen LogP contribution in [-0.4, -0.2) is 26.9 Å². The van der Waals surface area contributed by atoms with E-state index in [4.69, 9.17) is 4.74 Å². The monoisotopic (exact) mass is 306 g/mol. The van der Waals surface area contributed by atoms with Gasteiger partial charge in [-0.3, -0.25) is 0 Å². The summed E-state index contributed by atoms with van der Waals surface area (Å²) in [6.45, 7) is 0. The number of aliphatic hydroxyl groups excluding tert-OH is 1. The molecule has 0 aliphatic carbocycles. The minimum Gasteiger partial charge on any atom is -0.496 e. The molecule has 1 N–H and O–H groups in total. The van der Waals surface area contributed by atoms with E-state index in [1.54, 1.807) is 19.2 Å². The molecule has 0 aromatic heterocycles. The fourth-order valence-electron chi connectivity index (χ4n) is 2.15. The number of hydrogen-bond acceptors (Lipinski definition) is 4. The third-order valence-electron chi connectivity index (χ3n) is 3.28. The summed E-state index contributed by atoms with van der Waals surface area (Å²) in [5, 5.41) is 10.3. The van der Waals surface area contributed by atoms with Crippen molar-refractivity contribution in [3.05, 3.63) is 59.7 Å². The molecule has 2 aromatic carbocycles. The van der Waals surface area contributed by atoms with Gasteiger partial charge < -0.3 is 9.84 Å². The summed E-state index contributed by atoms with van der Waals surface area (Å²) in [6, 6.07) is 13.8. The van der Waals surface area contributed by atoms with E-state index in [1.165, 1.54) is 12.1 Å². The Morgan fingerprint density at radius 3 is 2.52 bits per heavy atom. The maximum absolute atomic E-state index is 11.6. The molecule has 0 amide bonds. The van der Waals surface area contributed by atoms with Crippen LogP contribution >= 0.6 is 0 Å². The molecule has 0 aliphatic rings. The second-order valence-electron chi connectivity index (χ2n) is 4.88. The molecular weight excluding hydrogens is 288 g/mol. The van der Waals surface area contributed by atoms with Gasteiger partial charge in [0.25, 0.3) is 0 Å². The summed E-state index contributed by atoms with van der Waals surface area (Å²) in [5.41, 5.74) is 1.45. The highest BCUT2D eigenvalue weighted by Gasteiger charge is 2.14. The van der Waals surface area contributed by atoms with Gasteiger partial charge in [0.15, 0.2) is 9.84 Å². The number of rotatable bonds is 5. The first-order valence-electron chi connectivity index (χ1n) is 6.52. The maximum Gasteiger partial charge on any atom is 0.175 e. The molecule has 0 bridgehead atoms. The van der Waals surface area contributed by atoms with Crippen LogP contribution in [0.3, 0.4) is 0 Å². The van der Waals surface area contributed by atoms with Crippen LogP contribution in [0.4, 0.5) is 0 Å². The standard InChI is InChI=1S/C16H18O4S/c1-20-16-9-4-3-6-13(16)11-15(17)12-7-5-8-14(10-12)21(2,18)19/h3-10,15,17H,11H2,1-2H3. The molecule has 0 spiro atoms. The molecule has 0 aliphatic heterocycles. The Kier molecular flexibility index (Phi) is 4.65. The summed E-state index contributed by atoms with van der Waals surface area (Å²) < 4.78 is 28.4. The van der Waals surface area contributed by atoms with Gasteiger partial charge in [-0.1, -0.05) is 30.3 Å². The van der Waals surface area contributed by atoms with Crippen molar-refractivity contribution in [3.8, 4) is 5.75 Å². The van der Waals surface area contributed by atoms with E-state index >= 15 is 0 Å². The Balaban J connectivity index is 2.27. The predicted molar refractivity (Wildman–Crippen MR) is 81.2 cm³/mol. The van der Waals surface area contributed by atoms with Crippen LogP contribution in [0.1, 0.15) is 17.2 Å². The second kappa shape index (κ2) is 6.28. The number of ether oxygens (including phenoxy) is 1. The summed E-state index contributed by atoms with van der Waals surface area (Å²) in [5.74, 6) is 0.704. The van der Waals surface area contributed by atoms with E-state index < -0.39 is 15.9 Å². The fraction of sp³-hybridized carbons (Fsp3) is 0.250. The lowest BCUT2D eigenvalue weighted by atomic mass is 10.0. The number of para-hydroxylation sites is 1. The smallest absolute Gasteiger partial charge is 0.175 e. The second-order valence-corrected chi connectivity index (χ2v) is 6.89. The van der Waals surface area contributed by atoms with Crippen molar-refractivity contribution in [2.75, 3.05) is 13.4 Å². The molecule has 1 atom stereocenters. The predicted octanol–water partition coefficient (Wildman–Crippen LogP) is 2.37. The van der Waals surface area contributed by atoms with Crippen LogP contribution in [-0.2, 0) is 16.3 Å². The molecule has 5 heteroatoms. The van der Waals surface area contributed by atoms with Crippen LogP contribution in [0.2, 0.25) is 0 Å². The van der Waals surface area contributed by atoms with Gasteiger partial charge in [0.2, 0.25) is 0 Å². The van der Waals surface area contributed by atoms with Gasteiger partial charge in [-0.05, 0) is 29.3 Å². The van der Waals surface area contributed by atoms with E-state index in [1.807, 2.05) is 24.3 Å². The fourth-order valence-corrected chi connectivity index (χ4v) is 2.83. The molecule has 0 saturated carbocycles. The van der Waals surface area contributed by atoms with E-state index in [2.05, 4.69) is 0 Å². The number of aliphatic hydroxyl groups is 1. The molecule has 0 saturated heterocycles. The quantitative estimate of drug-likeness (QED) is 0.921. The molecule has 2 rings (SSSR count). The van der Waals surface area contributed by atoms with Crippen LogP contribution in [0.25, 0.3) is 0 Å². The van der Waals surface area contributed by atoms with Crippen LogP contribution in [0.15, 0.2) is 53.4 Å². The third kappa shape index (κ3) is 3.83. The average molecular weight is 306 g/mol. The molecule has 2 aromatic rings. The van der Waals surface area contributed by atoms with E-state index in [0.717, 1.165) is 11.8 Å². The molecular formula is C16H18O4S. The van der Waals surface area contributed by atoms with Gasteiger partial charge in [-0.2, -0.15) is 0 Å². The molecule has 0 radical (unpaired) electrons. The zero-order valence-corrected chi connectivity index (χ0v) is 12.8. The molecule has 1 unspecified atom stereocenters. The average Bonchev–Trinajstić information content (AvgIpc) is 2.47. The lowest BCUT2D eigenvalue weighted by Crippen LogP contribution is -2.05. The van der Waals surface area contributed by atoms with E-state index in [-0.39, 0.29) is 4.90 Å². The Bertz CT molecular complexity index is 723. The van der Waals surface area contributed by atoms with Gasteiger partial charge in [-0.25, -0.2) is 8.42 Å². The third-order valence-corrected chi connectivity index (χ3v) is 4.39. The zero-order chi connectivity index (χ0) is 15.5. The maximum atomic E-state index is 11.6. The minimum atomic E-state index is -3.28. The summed E-state index contributed by atoms with van der Waals surface area (Å²) >= 11 is 0. The Morgan fingerprint density at radius 2 is 1.86 bits per heavy atom. The number of sulfone groups is 1. The molecule has 21 heavy (non-hydrogen) atoms. The highest BCUT2D eigenvalue weighted by molar-refractivity contribution is 7.90. The zero-order valence-electron chi connectivity index (χ0n) is 12.0. The van der Waals surface area contributed by atoms with Gasteiger partial charge in [0.1, 0.15) is 5.75 Å². The van der Waals surface area contributed by atoms with Crippen molar-refractivity contribution in [1.29, 1.82) is 0 Å². The summed E-state index contributed by atoms with van der Waals surface area (Å²) in [6.07, 6.45) is 0.721. The van der Waals surface area contributed by atoms with Crippen molar-refractivity contribution in [2.45, 2.75) is 17.4 Å². The van der Waals surface area contributed by atoms with Crippen molar-refractivity contribution in [3.63, 3.8) is 0 Å². The molecule has 0 heterocycles. The Hall–Kier alpha value is -1.85. The first-order valence-corrected chi connectivity index (χ1v) is 8.41. The number of hydrogen-bond donors (Lipinski definition) is 1. The molecule has 0 fully saturated rings. The van der Waals surface area contributed by atoms with Gasteiger partial charge in [-0.15, -0.1) is 0 Å². The first-order chi connectivity index (χ1) is 9.91. The highest BCUT2D eigenvalue weighted by atomic mass is 32.2. The van der Waals surface area contributed by atoms with E-state index in [9.17, 15) is 13.5 Å². The summed E-state index contributed by atoms with van der Waals surface area (Å²) in [7, 11) is -1.70. The van der Waals surface area contributed by atoms with Crippen LogP contribution < -0.4 is 4.74 Å². The topological polar surface area (TPSA) is 63.6 Å². The van der Waals surface area contributed by atoms with E-state index in [0.29, 0.717) is 17.7 Å².